The number of nitrogens with zero attached hydrogens (tertiary/aromatic N) is 1. The van der Waals surface area contributed by atoms with E-state index in [2.05, 4.69) is 4.98 Å². The molecule has 0 saturated heterocycles. The number of nitrogens with two attached hydrogens (primary N) is 1. The quantitative estimate of drug-likeness (QED) is 0.794. The van der Waals surface area contributed by atoms with Crippen molar-refractivity contribution in [3.05, 3.63) is 53.8 Å². The summed E-state index contributed by atoms with van der Waals surface area (Å²) in [4.78, 5) is 4.18. The third-order valence-electron chi connectivity index (χ3n) is 2.70. The second kappa shape index (κ2) is 4.85. The molecule has 3 nitrogen and oxygen atoms in total. The van der Waals surface area contributed by atoms with Gasteiger partial charge in [0.05, 0.1) is 10.2 Å². The number of rotatable bonds is 3. The fourth-order valence-electron chi connectivity index (χ4n) is 1.76. The first-order valence-corrected chi connectivity index (χ1v) is 6.56. The molecule has 0 aliphatic rings. The van der Waals surface area contributed by atoms with Crippen LogP contribution in [0.15, 0.2) is 42.5 Å². The van der Waals surface area contributed by atoms with Gasteiger partial charge in [0.2, 0.25) is 0 Å². The molecule has 2 N–H and O–H groups in total. The lowest BCUT2D eigenvalue weighted by Crippen LogP contribution is -1.95. The largest absolute Gasteiger partial charge is 0.489 e. The maximum Gasteiger partial charge on any atom is 0.181 e. The minimum absolute atomic E-state index is 0.245. The normalized spacial score (nSPS) is 10.8. The molecule has 3 aromatic rings. The first kappa shape index (κ1) is 11.9. The molecular weight excluding hydrogens is 263 g/mol. The van der Waals surface area contributed by atoms with Gasteiger partial charge >= 0.3 is 0 Å². The maximum atomic E-state index is 12.8. The van der Waals surface area contributed by atoms with Gasteiger partial charge in [0.1, 0.15) is 18.2 Å². The molecule has 0 fully saturated rings. The van der Waals surface area contributed by atoms with Gasteiger partial charge in [-0.3, -0.25) is 0 Å². The van der Waals surface area contributed by atoms with E-state index in [4.69, 9.17) is 10.5 Å². The summed E-state index contributed by atoms with van der Waals surface area (Å²) in [5.74, 6) is 0.505. The van der Waals surface area contributed by atoms with Crippen molar-refractivity contribution < 1.29 is 9.13 Å². The molecule has 0 atom stereocenters. The number of fused-ring (bicyclic) bond motifs is 1. The predicted octanol–water partition coefficient (Wildman–Crippen LogP) is 3.60. The molecule has 2 aromatic carbocycles. The highest BCUT2D eigenvalue weighted by atomic mass is 32.1. The van der Waals surface area contributed by atoms with Crippen molar-refractivity contribution in [3.8, 4) is 5.75 Å². The van der Waals surface area contributed by atoms with E-state index in [-0.39, 0.29) is 5.82 Å². The topological polar surface area (TPSA) is 48.1 Å². The van der Waals surface area contributed by atoms with Crippen molar-refractivity contribution in [1.82, 2.24) is 4.98 Å². The van der Waals surface area contributed by atoms with Gasteiger partial charge in [-0.1, -0.05) is 23.5 Å². The highest BCUT2D eigenvalue weighted by Crippen LogP contribution is 2.27. The minimum Gasteiger partial charge on any atom is -0.489 e. The Bertz CT molecular complexity index is 709. The lowest BCUT2D eigenvalue weighted by molar-refractivity contribution is 0.306. The fourth-order valence-corrected chi connectivity index (χ4v) is 2.52. The number of benzene rings is 2. The molecule has 0 amide bonds. The van der Waals surface area contributed by atoms with Crippen molar-refractivity contribution in [2.45, 2.75) is 6.61 Å². The number of hydrogen-bond donors (Lipinski definition) is 1. The molecule has 3 rings (SSSR count). The maximum absolute atomic E-state index is 12.8. The van der Waals surface area contributed by atoms with Crippen molar-refractivity contribution in [1.29, 1.82) is 0 Å². The molecular formula is C14H11FN2OS. The lowest BCUT2D eigenvalue weighted by Gasteiger charge is -2.06. The van der Waals surface area contributed by atoms with Crippen LogP contribution in [0.25, 0.3) is 10.2 Å². The molecule has 1 heterocycles. The number of thiazole rings is 1. The number of anilines is 1. The summed E-state index contributed by atoms with van der Waals surface area (Å²) in [5, 5.41) is 0.547. The zero-order valence-corrected chi connectivity index (χ0v) is 10.8. The molecule has 0 aliphatic carbocycles. The van der Waals surface area contributed by atoms with Crippen molar-refractivity contribution in [3.63, 3.8) is 0 Å². The van der Waals surface area contributed by atoms with Gasteiger partial charge in [-0.15, -0.1) is 0 Å². The third-order valence-corrected chi connectivity index (χ3v) is 3.54. The van der Waals surface area contributed by atoms with Crippen molar-refractivity contribution in [2.24, 2.45) is 0 Å². The predicted molar refractivity (Wildman–Crippen MR) is 74.8 cm³/mol. The Labute approximate surface area is 113 Å². The molecule has 0 spiro atoms. The van der Waals surface area contributed by atoms with E-state index < -0.39 is 0 Å². The van der Waals surface area contributed by atoms with Crippen LogP contribution >= 0.6 is 11.3 Å². The first-order valence-electron chi connectivity index (χ1n) is 5.74. The van der Waals surface area contributed by atoms with E-state index in [1.807, 2.05) is 18.2 Å². The van der Waals surface area contributed by atoms with E-state index in [1.165, 1.54) is 23.5 Å². The van der Waals surface area contributed by atoms with Gasteiger partial charge in [-0.05, 0) is 35.9 Å². The molecule has 0 bridgehead atoms. The Kier molecular flexibility index (Phi) is 3.05. The number of aromatic nitrogens is 1. The first-order chi connectivity index (χ1) is 9.20. The molecule has 0 radical (unpaired) electrons. The van der Waals surface area contributed by atoms with Crippen LogP contribution in [-0.4, -0.2) is 4.98 Å². The standard InChI is InChI=1S/C14H11FN2OS/c15-10-3-1-9(2-4-10)8-18-11-5-6-12-13(7-11)19-14(16)17-12/h1-7H,8H2,(H2,16,17). The van der Waals surface area contributed by atoms with Crippen LogP contribution in [-0.2, 0) is 6.61 Å². The zero-order valence-electron chi connectivity index (χ0n) is 9.97. The van der Waals surface area contributed by atoms with Crippen LogP contribution in [0.1, 0.15) is 5.56 Å². The second-order valence-corrected chi connectivity index (χ2v) is 5.16. The van der Waals surface area contributed by atoms with Crippen molar-refractivity contribution >= 4 is 26.7 Å². The van der Waals surface area contributed by atoms with Crippen molar-refractivity contribution in [2.75, 3.05) is 5.73 Å². The summed E-state index contributed by atoms with van der Waals surface area (Å²) in [6.07, 6.45) is 0. The van der Waals surface area contributed by atoms with Crippen LogP contribution in [0.4, 0.5) is 9.52 Å². The van der Waals surface area contributed by atoms with E-state index in [1.54, 1.807) is 12.1 Å². The Morgan fingerprint density at radius 3 is 2.74 bits per heavy atom. The van der Waals surface area contributed by atoms with Gasteiger partial charge in [-0.2, -0.15) is 0 Å². The Morgan fingerprint density at radius 2 is 1.95 bits per heavy atom. The molecule has 0 unspecified atom stereocenters. The average Bonchev–Trinajstić information content (AvgIpc) is 2.77. The van der Waals surface area contributed by atoms with Gasteiger partial charge in [0.25, 0.3) is 0 Å². The zero-order chi connectivity index (χ0) is 13.2. The number of hydrogen-bond acceptors (Lipinski definition) is 4. The number of ether oxygens (including phenoxy) is 1. The number of nitrogen functional groups attached to an aromatic ring is 1. The van der Waals surface area contributed by atoms with Gasteiger partial charge in [0.15, 0.2) is 5.13 Å². The molecule has 5 heteroatoms. The molecule has 96 valence electrons. The Hall–Kier alpha value is -2.14. The highest BCUT2D eigenvalue weighted by molar-refractivity contribution is 7.22. The monoisotopic (exact) mass is 274 g/mol. The SMILES string of the molecule is Nc1nc2ccc(OCc3ccc(F)cc3)cc2s1. The van der Waals surface area contributed by atoms with Crippen LogP contribution in [0, 0.1) is 5.82 Å². The van der Waals surface area contributed by atoms with Gasteiger partial charge in [-0.25, -0.2) is 9.37 Å². The number of halogens is 1. The van der Waals surface area contributed by atoms with Crippen LogP contribution < -0.4 is 10.5 Å². The third kappa shape index (κ3) is 2.66. The lowest BCUT2D eigenvalue weighted by atomic mass is 10.2. The average molecular weight is 274 g/mol. The summed E-state index contributed by atoms with van der Waals surface area (Å²) < 4.78 is 19.4. The van der Waals surface area contributed by atoms with Gasteiger partial charge in [0, 0.05) is 0 Å². The van der Waals surface area contributed by atoms with E-state index in [9.17, 15) is 4.39 Å². The summed E-state index contributed by atoms with van der Waals surface area (Å²) >= 11 is 1.43. The van der Waals surface area contributed by atoms with Crippen LogP contribution in [0.3, 0.4) is 0 Å². The molecule has 1 aromatic heterocycles. The fraction of sp³-hybridized carbons (Fsp3) is 0.0714. The van der Waals surface area contributed by atoms with E-state index in [0.29, 0.717) is 11.7 Å². The minimum atomic E-state index is -0.245. The van der Waals surface area contributed by atoms with E-state index >= 15 is 0 Å². The second-order valence-electron chi connectivity index (χ2n) is 4.10. The molecule has 0 saturated carbocycles. The Balaban J connectivity index is 1.75. The summed E-state index contributed by atoms with van der Waals surface area (Å²) in [6.45, 7) is 0.403. The van der Waals surface area contributed by atoms with Gasteiger partial charge < -0.3 is 10.5 Å². The highest BCUT2D eigenvalue weighted by Gasteiger charge is 2.03. The summed E-state index contributed by atoms with van der Waals surface area (Å²) in [7, 11) is 0. The molecule has 19 heavy (non-hydrogen) atoms. The van der Waals surface area contributed by atoms with E-state index in [0.717, 1.165) is 21.5 Å². The smallest absolute Gasteiger partial charge is 0.181 e. The molecule has 0 aliphatic heterocycles. The van der Waals surface area contributed by atoms with Crippen LogP contribution in [0.2, 0.25) is 0 Å². The van der Waals surface area contributed by atoms with Crippen LogP contribution in [0.5, 0.6) is 5.75 Å². The Morgan fingerprint density at radius 1 is 1.16 bits per heavy atom. The summed E-state index contributed by atoms with van der Waals surface area (Å²) in [6, 6.07) is 11.9. The summed E-state index contributed by atoms with van der Waals surface area (Å²) in [5.41, 5.74) is 7.44.